The Morgan fingerprint density at radius 2 is 2.16 bits per heavy atom. The molecule has 1 heterocycles. The summed E-state index contributed by atoms with van der Waals surface area (Å²) in [6.45, 7) is 0.397. The number of benzene rings is 1. The van der Waals surface area contributed by atoms with Crippen molar-refractivity contribution in [3.63, 3.8) is 0 Å². The monoisotopic (exact) mass is 269 g/mol. The van der Waals surface area contributed by atoms with Crippen LogP contribution in [0.15, 0.2) is 18.2 Å². The fourth-order valence-electron chi connectivity index (χ4n) is 2.11. The van der Waals surface area contributed by atoms with Crippen LogP contribution in [0, 0.1) is 17.6 Å². The standard InChI is InChI=1S/C13H13F2NO3/c1-19-13(18)9-5-12(17)16(7-9)6-8-2-3-10(14)11(15)4-8/h2-4,9H,5-7H2,1H3/t9-/m1/s1. The molecule has 102 valence electrons. The fraction of sp³-hybridized carbons (Fsp3) is 0.385. The van der Waals surface area contributed by atoms with Gasteiger partial charge in [-0.2, -0.15) is 0 Å². The molecule has 1 aliphatic rings. The van der Waals surface area contributed by atoms with Crippen LogP contribution in [0.2, 0.25) is 0 Å². The third-order valence-corrected chi connectivity index (χ3v) is 3.11. The Balaban J connectivity index is 2.05. The average molecular weight is 269 g/mol. The van der Waals surface area contributed by atoms with Gasteiger partial charge in [-0.25, -0.2) is 8.78 Å². The summed E-state index contributed by atoms with van der Waals surface area (Å²) in [5.74, 6) is -2.98. The van der Waals surface area contributed by atoms with E-state index < -0.39 is 23.5 Å². The molecule has 0 N–H and O–H groups in total. The summed E-state index contributed by atoms with van der Waals surface area (Å²) < 4.78 is 30.4. The van der Waals surface area contributed by atoms with Gasteiger partial charge in [0.25, 0.3) is 0 Å². The molecule has 0 radical (unpaired) electrons. The zero-order valence-electron chi connectivity index (χ0n) is 10.4. The number of hydrogen-bond acceptors (Lipinski definition) is 3. The van der Waals surface area contributed by atoms with Gasteiger partial charge in [-0.1, -0.05) is 6.07 Å². The van der Waals surface area contributed by atoms with Gasteiger partial charge in [-0.3, -0.25) is 9.59 Å². The molecule has 1 aliphatic heterocycles. The quantitative estimate of drug-likeness (QED) is 0.781. The van der Waals surface area contributed by atoms with Crippen molar-refractivity contribution in [2.45, 2.75) is 13.0 Å². The van der Waals surface area contributed by atoms with Crippen molar-refractivity contribution >= 4 is 11.9 Å². The van der Waals surface area contributed by atoms with Crippen LogP contribution in [0.25, 0.3) is 0 Å². The summed E-state index contributed by atoms with van der Waals surface area (Å²) >= 11 is 0. The number of hydrogen-bond donors (Lipinski definition) is 0. The number of rotatable bonds is 3. The molecule has 2 rings (SSSR count). The van der Waals surface area contributed by atoms with Gasteiger partial charge in [0.2, 0.25) is 5.91 Å². The number of halogens is 2. The highest BCUT2D eigenvalue weighted by Gasteiger charge is 2.34. The lowest BCUT2D eigenvalue weighted by Crippen LogP contribution is -2.26. The van der Waals surface area contributed by atoms with Crippen LogP contribution in [0.1, 0.15) is 12.0 Å². The van der Waals surface area contributed by atoms with Crippen LogP contribution < -0.4 is 0 Å². The SMILES string of the molecule is COC(=O)[C@@H]1CC(=O)N(Cc2ccc(F)c(F)c2)C1. The smallest absolute Gasteiger partial charge is 0.310 e. The lowest BCUT2D eigenvalue weighted by atomic mass is 10.1. The Labute approximate surface area is 109 Å². The van der Waals surface area contributed by atoms with E-state index in [-0.39, 0.29) is 25.4 Å². The van der Waals surface area contributed by atoms with E-state index >= 15 is 0 Å². The third kappa shape index (κ3) is 2.89. The Kier molecular flexibility index (Phi) is 3.78. The first-order chi connectivity index (χ1) is 9.01. The molecule has 0 saturated carbocycles. The van der Waals surface area contributed by atoms with E-state index in [1.54, 1.807) is 0 Å². The molecule has 0 aromatic heterocycles. The summed E-state index contributed by atoms with van der Waals surface area (Å²) in [6.07, 6.45) is 0.0936. The minimum absolute atomic E-state index is 0.0936. The van der Waals surface area contributed by atoms with Gasteiger partial charge in [0.1, 0.15) is 0 Å². The van der Waals surface area contributed by atoms with Crippen LogP contribution in [0.5, 0.6) is 0 Å². The topological polar surface area (TPSA) is 46.6 Å². The minimum atomic E-state index is -0.950. The molecule has 1 aromatic rings. The summed E-state index contributed by atoms with van der Waals surface area (Å²) in [4.78, 5) is 24.5. The normalized spacial score (nSPS) is 18.8. The second-order valence-electron chi connectivity index (χ2n) is 4.45. The molecule has 1 atom stereocenters. The number of carbonyl (C=O) groups is 2. The molecule has 1 amide bonds. The first kappa shape index (κ1) is 13.5. The summed E-state index contributed by atoms with van der Waals surface area (Å²) in [5.41, 5.74) is 0.484. The third-order valence-electron chi connectivity index (χ3n) is 3.11. The number of ether oxygens (including phenoxy) is 1. The van der Waals surface area contributed by atoms with E-state index in [1.807, 2.05) is 0 Å². The lowest BCUT2D eigenvalue weighted by Gasteiger charge is -2.16. The van der Waals surface area contributed by atoms with Crippen molar-refractivity contribution in [1.82, 2.24) is 4.90 Å². The van der Waals surface area contributed by atoms with Crippen LogP contribution in [0.3, 0.4) is 0 Å². The van der Waals surface area contributed by atoms with Crippen molar-refractivity contribution < 1.29 is 23.1 Å². The predicted octanol–water partition coefficient (Wildman–Crippen LogP) is 1.49. The van der Waals surface area contributed by atoms with E-state index in [0.29, 0.717) is 5.56 Å². The van der Waals surface area contributed by atoms with Crippen LogP contribution in [-0.2, 0) is 20.9 Å². The van der Waals surface area contributed by atoms with Crippen LogP contribution in [-0.4, -0.2) is 30.4 Å². The van der Waals surface area contributed by atoms with Gasteiger partial charge in [-0.15, -0.1) is 0 Å². The number of carbonyl (C=O) groups excluding carboxylic acids is 2. The van der Waals surface area contributed by atoms with Crippen molar-refractivity contribution in [1.29, 1.82) is 0 Å². The van der Waals surface area contributed by atoms with Crippen LogP contribution >= 0.6 is 0 Å². The number of methoxy groups -OCH3 is 1. The molecule has 1 saturated heterocycles. The molecule has 1 aromatic carbocycles. The highest BCUT2D eigenvalue weighted by molar-refractivity contribution is 5.86. The molecule has 0 spiro atoms. The molecule has 4 nitrogen and oxygen atoms in total. The zero-order chi connectivity index (χ0) is 14.0. The van der Waals surface area contributed by atoms with E-state index in [1.165, 1.54) is 18.1 Å². The second kappa shape index (κ2) is 5.34. The minimum Gasteiger partial charge on any atom is -0.469 e. The number of nitrogens with zero attached hydrogens (tertiary/aromatic N) is 1. The van der Waals surface area contributed by atoms with Crippen molar-refractivity contribution in [3.05, 3.63) is 35.4 Å². The fourth-order valence-corrected chi connectivity index (χ4v) is 2.11. The molecule has 0 aliphatic carbocycles. The van der Waals surface area contributed by atoms with Crippen molar-refractivity contribution in [3.8, 4) is 0 Å². The van der Waals surface area contributed by atoms with Gasteiger partial charge in [0.05, 0.1) is 13.0 Å². The molecule has 1 fully saturated rings. The Bertz CT molecular complexity index is 519. The second-order valence-corrected chi connectivity index (χ2v) is 4.45. The maximum Gasteiger partial charge on any atom is 0.310 e. The summed E-state index contributed by atoms with van der Waals surface area (Å²) in [7, 11) is 1.27. The average Bonchev–Trinajstić information content (AvgIpc) is 2.74. The first-order valence-corrected chi connectivity index (χ1v) is 5.80. The number of esters is 1. The van der Waals surface area contributed by atoms with Crippen molar-refractivity contribution in [2.75, 3.05) is 13.7 Å². The van der Waals surface area contributed by atoms with Gasteiger partial charge in [-0.05, 0) is 17.7 Å². The molecule has 0 unspecified atom stereocenters. The van der Waals surface area contributed by atoms with Crippen LogP contribution in [0.4, 0.5) is 8.78 Å². The van der Waals surface area contributed by atoms with Crippen molar-refractivity contribution in [2.24, 2.45) is 5.92 Å². The van der Waals surface area contributed by atoms with E-state index in [0.717, 1.165) is 12.1 Å². The maximum atomic E-state index is 13.1. The van der Waals surface area contributed by atoms with Gasteiger partial charge in [0, 0.05) is 19.5 Å². The molecule has 0 bridgehead atoms. The Hall–Kier alpha value is -1.98. The lowest BCUT2D eigenvalue weighted by molar-refractivity contribution is -0.145. The Morgan fingerprint density at radius 3 is 2.79 bits per heavy atom. The number of likely N-dealkylation sites (tertiary alicyclic amines) is 1. The largest absolute Gasteiger partial charge is 0.469 e. The van der Waals surface area contributed by atoms with E-state index in [9.17, 15) is 18.4 Å². The molecular weight excluding hydrogens is 256 g/mol. The highest BCUT2D eigenvalue weighted by atomic mass is 19.2. The van der Waals surface area contributed by atoms with Gasteiger partial charge in [0.15, 0.2) is 11.6 Å². The predicted molar refractivity (Wildman–Crippen MR) is 61.9 cm³/mol. The van der Waals surface area contributed by atoms with E-state index in [4.69, 9.17) is 0 Å². The number of amides is 1. The highest BCUT2D eigenvalue weighted by Crippen LogP contribution is 2.21. The molecule has 6 heteroatoms. The maximum absolute atomic E-state index is 13.1. The summed E-state index contributed by atoms with van der Waals surface area (Å²) in [5, 5.41) is 0. The molecular formula is C13H13F2NO3. The molecule has 19 heavy (non-hydrogen) atoms. The summed E-state index contributed by atoms with van der Waals surface area (Å²) in [6, 6.07) is 3.48. The van der Waals surface area contributed by atoms with Gasteiger partial charge >= 0.3 is 5.97 Å². The van der Waals surface area contributed by atoms with E-state index in [2.05, 4.69) is 4.74 Å². The zero-order valence-corrected chi connectivity index (χ0v) is 10.4. The van der Waals surface area contributed by atoms with Gasteiger partial charge < -0.3 is 9.64 Å². The Morgan fingerprint density at radius 1 is 1.42 bits per heavy atom. The first-order valence-electron chi connectivity index (χ1n) is 5.80.